The highest BCUT2D eigenvalue weighted by Gasteiger charge is 2.44. The van der Waals surface area contributed by atoms with Crippen molar-refractivity contribution in [2.45, 2.75) is 131 Å². The van der Waals surface area contributed by atoms with Crippen molar-refractivity contribution in [3.8, 4) is 11.5 Å². The van der Waals surface area contributed by atoms with Crippen LogP contribution in [0.3, 0.4) is 0 Å². The Bertz CT molecular complexity index is 3230. The Balaban J connectivity index is 1.32. The van der Waals surface area contributed by atoms with Gasteiger partial charge >= 0.3 is 0 Å². The van der Waals surface area contributed by atoms with Gasteiger partial charge in [-0.25, -0.2) is 0 Å². The third-order valence-corrected chi connectivity index (χ3v) is 14.8. The number of ether oxygens (including phenoxy) is 1. The van der Waals surface area contributed by atoms with E-state index in [9.17, 15) is 0 Å². The van der Waals surface area contributed by atoms with E-state index in [-0.39, 0.29) is 33.8 Å². The van der Waals surface area contributed by atoms with E-state index in [4.69, 9.17) is 4.74 Å². The molecule has 7 aromatic carbocycles. The van der Waals surface area contributed by atoms with Gasteiger partial charge in [0.05, 0.1) is 16.9 Å². The highest BCUT2D eigenvalue weighted by atomic mass is 16.5. The number of hydrogen-bond acceptors (Lipinski definition) is 3. The lowest BCUT2D eigenvalue weighted by Gasteiger charge is -2.42. The zero-order chi connectivity index (χ0) is 48.6. The molecule has 2 aliphatic rings. The van der Waals surface area contributed by atoms with Crippen molar-refractivity contribution in [2.24, 2.45) is 7.05 Å². The Morgan fingerprint density at radius 1 is 0.441 bits per heavy atom. The predicted molar refractivity (Wildman–Crippen MR) is 294 cm³/mol. The molecule has 0 saturated carbocycles. The Hall–Kier alpha value is -6.20. The quantitative estimate of drug-likeness (QED) is 0.164. The minimum absolute atomic E-state index is 0.0198. The van der Waals surface area contributed by atoms with Crippen molar-refractivity contribution >= 4 is 79.0 Å². The first-order valence-electron chi connectivity index (χ1n) is 24.8. The van der Waals surface area contributed by atoms with Crippen LogP contribution in [0.1, 0.15) is 132 Å². The summed E-state index contributed by atoms with van der Waals surface area (Å²) in [6.45, 7) is 34.6. The van der Waals surface area contributed by atoms with Crippen LogP contribution in [-0.4, -0.2) is 11.3 Å². The van der Waals surface area contributed by atoms with Crippen LogP contribution in [0.5, 0.6) is 11.5 Å². The molecule has 2 aliphatic heterocycles. The van der Waals surface area contributed by atoms with E-state index >= 15 is 0 Å². The smallest absolute Gasteiger partial charge is 0.256 e. The second-order valence-electron chi connectivity index (χ2n) is 24.9. The molecule has 0 saturated heterocycles. The second-order valence-corrected chi connectivity index (χ2v) is 24.9. The number of aromatic nitrogens is 1. The molecule has 0 atom stereocenters. The first-order valence-corrected chi connectivity index (χ1v) is 24.8. The molecule has 5 heteroatoms. The molecule has 0 unspecified atom stereocenters. The van der Waals surface area contributed by atoms with Gasteiger partial charge in [0.15, 0.2) is 0 Å². The van der Waals surface area contributed by atoms with Crippen molar-refractivity contribution in [2.75, 3.05) is 9.80 Å². The Morgan fingerprint density at radius 2 is 0.956 bits per heavy atom. The first kappa shape index (κ1) is 45.6. The van der Waals surface area contributed by atoms with Gasteiger partial charge in [-0.05, 0) is 138 Å². The molecular weight excluding hydrogens is 826 g/mol. The molecule has 346 valence electrons. The van der Waals surface area contributed by atoms with Gasteiger partial charge in [-0.3, -0.25) is 0 Å². The number of anilines is 6. The highest BCUT2D eigenvalue weighted by molar-refractivity contribution is 6.99. The van der Waals surface area contributed by atoms with Gasteiger partial charge in [-0.2, -0.15) is 0 Å². The average Bonchev–Trinajstić information content (AvgIpc) is 3.55. The number of fused-ring (bicyclic) bond motifs is 7. The number of aryl methyl sites for hydroxylation is 1. The molecular formula is C63H70BN3O. The van der Waals surface area contributed by atoms with Crippen LogP contribution in [-0.2, 0) is 34.1 Å². The number of nitrogens with zero attached hydrogens (tertiary/aromatic N) is 3. The number of para-hydroxylation sites is 1. The van der Waals surface area contributed by atoms with Crippen molar-refractivity contribution in [1.29, 1.82) is 0 Å². The van der Waals surface area contributed by atoms with Gasteiger partial charge in [0, 0.05) is 46.1 Å². The molecule has 0 amide bonds. The fraction of sp³-hybridized carbons (Fsp3) is 0.333. The van der Waals surface area contributed by atoms with E-state index in [1.165, 1.54) is 77.4 Å². The number of rotatable bonds is 4. The summed E-state index contributed by atoms with van der Waals surface area (Å²) in [5.74, 6) is 1.88. The van der Waals surface area contributed by atoms with Crippen LogP contribution in [0.25, 0.3) is 21.8 Å². The van der Waals surface area contributed by atoms with Crippen molar-refractivity contribution in [3.63, 3.8) is 0 Å². The monoisotopic (exact) mass is 896 g/mol. The van der Waals surface area contributed by atoms with E-state index in [2.05, 4.69) is 259 Å². The molecule has 0 aliphatic carbocycles. The first-order chi connectivity index (χ1) is 31.8. The van der Waals surface area contributed by atoms with Crippen LogP contribution < -0.4 is 30.9 Å². The predicted octanol–water partition coefficient (Wildman–Crippen LogP) is 15.7. The Kier molecular flexibility index (Phi) is 10.3. The molecule has 10 rings (SSSR count). The Labute approximate surface area is 407 Å². The zero-order valence-corrected chi connectivity index (χ0v) is 43.5. The normalized spacial score (nSPS) is 13.9. The molecule has 0 fully saturated rings. The SMILES string of the molecule is Cn1c2ccccc2c2c(N(c3ccc(C(C)(C)C)cc3)c3ccc(C(C)(C)C)cc3)cc(N3c4ccc(C(C)(C)C)cc4B4c5cc(C(C)(C)C)ccc5Oc5cc(C(C)(C)C)cc3c54)cc21. The molecule has 68 heavy (non-hydrogen) atoms. The van der Waals surface area contributed by atoms with Crippen LogP contribution in [0.2, 0.25) is 0 Å². The average molecular weight is 896 g/mol. The molecule has 3 heterocycles. The topological polar surface area (TPSA) is 20.6 Å². The summed E-state index contributed by atoms with van der Waals surface area (Å²) >= 11 is 0. The summed E-state index contributed by atoms with van der Waals surface area (Å²) in [6, 6.07) is 51.3. The summed E-state index contributed by atoms with van der Waals surface area (Å²) < 4.78 is 9.55. The van der Waals surface area contributed by atoms with E-state index in [1.807, 2.05) is 0 Å². The minimum atomic E-state index is -0.136. The van der Waals surface area contributed by atoms with Gasteiger partial charge < -0.3 is 19.1 Å². The van der Waals surface area contributed by atoms with Gasteiger partial charge in [0.2, 0.25) is 0 Å². The van der Waals surface area contributed by atoms with Gasteiger partial charge in [0.25, 0.3) is 6.71 Å². The van der Waals surface area contributed by atoms with Crippen molar-refractivity contribution in [3.05, 3.63) is 161 Å². The molecule has 4 nitrogen and oxygen atoms in total. The zero-order valence-electron chi connectivity index (χ0n) is 43.5. The standard InChI is InChI=1S/C63H70BN3O/c1-59(2,3)39-21-27-44(28-22-39)66(45-29-23-40(24-30-45)60(4,5)6)53-38-46(37-52-57(53)47-19-17-18-20-50(47)65(52)16)67-51-31-25-41(61(7,8)9)33-48(51)64-49-34-42(62(10,11)12)26-32-55(49)68-56-36-43(63(13,14)15)35-54(67)58(56)64/h17-38H,1-16H3. The number of benzene rings is 7. The van der Waals surface area contributed by atoms with Gasteiger partial charge in [-0.15, -0.1) is 0 Å². The van der Waals surface area contributed by atoms with Crippen LogP contribution >= 0.6 is 0 Å². The molecule has 0 bridgehead atoms. The molecule has 1 aromatic heterocycles. The summed E-state index contributed by atoms with van der Waals surface area (Å²) in [5.41, 5.74) is 19.3. The summed E-state index contributed by atoms with van der Waals surface area (Å²) in [4.78, 5) is 5.07. The summed E-state index contributed by atoms with van der Waals surface area (Å²) in [5, 5.41) is 2.46. The van der Waals surface area contributed by atoms with Crippen LogP contribution in [0.4, 0.5) is 34.1 Å². The molecule has 8 aromatic rings. The maximum absolute atomic E-state index is 7.16. The highest BCUT2D eigenvalue weighted by Crippen LogP contribution is 2.50. The fourth-order valence-electron chi connectivity index (χ4n) is 10.6. The van der Waals surface area contributed by atoms with Crippen LogP contribution in [0, 0.1) is 0 Å². The third-order valence-electron chi connectivity index (χ3n) is 14.8. The molecule has 0 spiro atoms. The van der Waals surface area contributed by atoms with E-state index < -0.39 is 0 Å². The largest absolute Gasteiger partial charge is 0.458 e. The third kappa shape index (κ3) is 7.61. The summed E-state index contributed by atoms with van der Waals surface area (Å²) in [6.07, 6.45) is 0. The van der Waals surface area contributed by atoms with E-state index in [1.54, 1.807) is 0 Å². The summed E-state index contributed by atoms with van der Waals surface area (Å²) in [7, 11) is 2.23. The van der Waals surface area contributed by atoms with Crippen molar-refractivity contribution < 1.29 is 4.74 Å². The lowest BCUT2D eigenvalue weighted by Crippen LogP contribution is -2.60. The number of hydrogen-bond donors (Lipinski definition) is 0. The second kappa shape index (κ2) is 15.4. The minimum Gasteiger partial charge on any atom is -0.458 e. The Morgan fingerprint density at radius 3 is 1.51 bits per heavy atom. The van der Waals surface area contributed by atoms with E-state index in [0.717, 1.165) is 34.2 Å². The lowest BCUT2D eigenvalue weighted by atomic mass is 9.33. The fourth-order valence-corrected chi connectivity index (χ4v) is 10.6. The van der Waals surface area contributed by atoms with Crippen molar-refractivity contribution in [1.82, 2.24) is 4.57 Å². The molecule has 0 radical (unpaired) electrons. The van der Waals surface area contributed by atoms with Crippen LogP contribution in [0.15, 0.2) is 133 Å². The lowest BCUT2D eigenvalue weighted by molar-refractivity contribution is 0.482. The van der Waals surface area contributed by atoms with Gasteiger partial charge in [0.1, 0.15) is 11.5 Å². The van der Waals surface area contributed by atoms with Gasteiger partial charge in [-0.1, -0.05) is 171 Å². The molecule has 0 N–H and O–H groups in total. The maximum Gasteiger partial charge on any atom is 0.256 e. The maximum atomic E-state index is 7.16. The van der Waals surface area contributed by atoms with E-state index in [0.29, 0.717) is 0 Å².